The van der Waals surface area contributed by atoms with Crippen molar-refractivity contribution in [3.63, 3.8) is 0 Å². The number of carbonyl (C=O) groups is 1. The van der Waals surface area contributed by atoms with Crippen LogP contribution >= 0.6 is 34.8 Å². The van der Waals surface area contributed by atoms with Crippen LogP contribution in [0, 0.1) is 0 Å². The molecule has 1 aromatic heterocycles. The summed E-state index contributed by atoms with van der Waals surface area (Å²) in [6.07, 6.45) is -3.29. The number of carbonyl (C=O) groups excluding carboxylic acids is 1. The smallest absolute Gasteiger partial charge is 0.360 e. The zero-order valence-electron chi connectivity index (χ0n) is 8.99. The van der Waals surface area contributed by atoms with Gasteiger partial charge in [-0.25, -0.2) is 0 Å². The van der Waals surface area contributed by atoms with Gasteiger partial charge >= 0.3 is 6.18 Å². The van der Waals surface area contributed by atoms with E-state index < -0.39 is 21.3 Å². The van der Waals surface area contributed by atoms with E-state index in [1.54, 1.807) is 0 Å². The molecule has 1 N–H and O–H groups in total. The number of hydrogen-bond donors (Lipinski definition) is 1. The van der Waals surface area contributed by atoms with Gasteiger partial charge in [0.25, 0.3) is 3.79 Å². The highest BCUT2D eigenvalue weighted by Gasteiger charge is 2.35. The summed E-state index contributed by atoms with van der Waals surface area (Å²) in [5.41, 5.74) is -0.621. The van der Waals surface area contributed by atoms with Crippen LogP contribution in [-0.2, 0) is 6.18 Å². The van der Waals surface area contributed by atoms with Crippen molar-refractivity contribution in [2.24, 2.45) is 0 Å². The van der Waals surface area contributed by atoms with Crippen molar-refractivity contribution in [3.05, 3.63) is 35.5 Å². The number of Topliss-reactive ketones (excluding diaryl/α,β-unsaturated/α-hetero) is 1. The molecule has 8 heteroatoms. The van der Waals surface area contributed by atoms with E-state index in [4.69, 9.17) is 34.8 Å². The van der Waals surface area contributed by atoms with Gasteiger partial charge in [-0.1, -0.05) is 34.8 Å². The first-order valence-corrected chi connectivity index (χ1v) is 6.04. The van der Waals surface area contributed by atoms with E-state index in [-0.39, 0.29) is 10.9 Å². The Bertz CT molecular complexity index is 643. The summed E-state index contributed by atoms with van der Waals surface area (Å²) in [7, 11) is 0. The number of nitrogens with one attached hydrogen (secondary N) is 1. The van der Waals surface area contributed by atoms with Crippen molar-refractivity contribution in [1.29, 1.82) is 0 Å². The maximum absolute atomic E-state index is 12.6. The monoisotopic (exact) mass is 329 g/mol. The summed E-state index contributed by atoms with van der Waals surface area (Å²) in [4.78, 5) is 14.5. The average molecular weight is 331 g/mol. The van der Waals surface area contributed by atoms with Crippen LogP contribution < -0.4 is 0 Å². The molecule has 0 saturated carbocycles. The number of hydrogen-bond acceptors (Lipinski definition) is 1. The predicted molar refractivity (Wildman–Crippen MR) is 67.9 cm³/mol. The van der Waals surface area contributed by atoms with E-state index in [0.717, 1.165) is 12.1 Å². The summed E-state index contributed by atoms with van der Waals surface area (Å²) in [6.45, 7) is 0. The summed E-state index contributed by atoms with van der Waals surface area (Å²) in [5.74, 6) is -0.886. The lowest BCUT2D eigenvalue weighted by Crippen LogP contribution is -2.18. The van der Waals surface area contributed by atoms with Crippen molar-refractivity contribution >= 4 is 51.5 Å². The van der Waals surface area contributed by atoms with E-state index >= 15 is 0 Å². The summed E-state index contributed by atoms with van der Waals surface area (Å²) < 4.78 is 35.6. The van der Waals surface area contributed by atoms with Crippen LogP contribution in [0.25, 0.3) is 10.9 Å². The third-order valence-electron chi connectivity index (χ3n) is 2.51. The Balaban J connectivity index is 2.62. The molecule has 2 nitrogen and oxygen atoms in total. The van der Waals surface area contributed by atoms with Crippen LogP contribution in [0.1, 0.15) is 15.9 Å². The fourth-order valence-electron chi connectivity index (χ4n) is 1.64. The summed E-state index contributed by atoms with van der Waals surface area (Å²) >= 11 is 16.4. The Morgan fingerprint density at radius 1 is 1.16 bits per heavy atom. The van der Waals surface area contributed by atoms with E-state index in [9.17, 15) is 18.0 Å². The number of alkyl halides is 6. The molecule has 1 aromatic carbocycles. The molecular formula is C11H5Cl3F3NO. The number of benzene rings is 1. The number of aromatic nitrogens is 1. The van der Waals surface area contributed by atoms with E-state index in [0.29, 0.717) is 5.52 Å². The second-order valence-corrected chi connectivity index (χ2v) is 6.07. The van der Waals surface area contributed by atoms with Crippen molar-refractivity contribution in [2.75, 3.05) is 0 Å². The minimum Gasteiger partial charge on any atom is -0.360 e. The van der Waals surface area contributed by atoms with E-state index in [1.807, 2.05) is 0 Å². The van der Waals surface area contributed by atoms with Gasteiger partial charge in [0.1, 0.15) is 0 Å². The van der Waals surface area contributed by atoms with Gasteiger partial charge in [-0.15, -0.1) is 0 Å². The number of H-pyrrole nitrogens is 1. The first-order valence-electron chi connectivity index (χ1n) is 4.90. The normalized spacial score (nSPS) is 12.9. The molecule has 0 aliphatic rings. The Morgan fingerprint density at radius 3 is 2.32 bits per heavy atom. The van der Waals surface area contributed by atoms with Gasteiger partial charge in [0, 0.05) is 22.7 Å². The number of ketones is 1. The number of halogens is 6. The van der Waals surface area contributed by atoms with E-state index in [1.165, 1.54) is 12.3 Å². The first kappa shape index (κ1) is 14.5. The molecule has 1 heterocycles. The van der Waals surface area contributed by atoms with Gasteiger partial charge in [-0.2, -0.15) is 13.2 Å². The van der Waals surface area contributed by atoms with Crippen LogP contribution in [0.15, 0.2) is 24.4 Å². The van der Waals surface area contributed by atoms with Crippen LogP contribution in [0.2, 0.25) is 0 Å². The molecule has 0 aliphatic heterocycles. The van der Waals surface area contributed by atoms with Gasteiger partial charge in [0.15, 0.2) is 0 Å². The minimum absolute atomic E-state index is 0.0613. The summed E-state index contributed by atoms with van der Waals surface area (Å²) in [6, 6.07) is 2.96. The molecule has 0 radical (unpaired) electrons. The molecule has 102 valence electrons. The van der Waals surface area contributed by atoms with Crippen molar-refractivity contribution in [1.82, 2.24) is 4.98 Å². The van der Waals surface area contributed by atoms with Gasteiger partial charge in [-0.05, 0) is 18.2 Å². The van der Waals surface area contributed by atoms with E-state index in [2.05, 4.69) is 4.98 Å². The molecule has 0 atom stereocenters. The maximum Gasteiger partial charge on any atom is 0.416 e. The SMILES string of the molecule is O=C(c1c[nH]c2ccc(C(F)(F)F)cc12)C(Cl)(Cl)Cl. The third kappa shape index (κ3) is 2.83. The second kappa shape index (κ2) is 4.58. The third-order valence-corrected chi connectivity index (χ3v) is 3.03. The molecule has 0 unspecified atom stereocenters. The topological polar surface area (TPSA) is 32.9 Å². The molecule has 2 aromatic rings. The zero-order valence-corrected chi connectivity index (χ0v) is 11.3. The van der Waals surface area contributed by atoms with Crippen LogP contribution in [0.4, 0.5) is 13.2 Å². The molecule has 2 rings (SSSR count). The van der Waals surface area contributed by atoms with Crippen LogP contribution in [-0.4, -0.2) is 14.6 Å². The van der Waals surface area contributed by atoms with Gasteiger partial charge < -0.3 is 4.98 Å². The lowest BCUT2D eigenvalue weighted by atomic mass is 10.1. The van der Waals surface area contributed by atoms with Crippen molar-refractivity contribution in [3.8, 4) is 0 Å². The second-order valence-electron chi connectivity index (χ2n) is 3.79. The molecule has 0 bridgehead atoms. The number of fused-ring (bicyclic) bond motifs is 1. The van der Waals surface area contributed by atoms with Gasteiger partial charge in [0.2, 0.25) is 5.78 Å². The zero-order chi connectivity index (χ0) is 14.4. The fraction of sp³-hybridized carbons (Fsp3) is 0.182. The number of aromatic amines is 1. The quantitative estimate of drug-likeness (QED) is 0.594. The molecule has 0 amide bonds. The Labute approximate surface area is 120 Å². The molecule has 19 heavy (non-hydrogen) atoms. The van der Waals surface area contributed by atoms with Gasteiger partial charge in [-0.3, -0.25) is 4.79 Å². The molecule has 0 aliphatic carbocycles. The largest absolute Gasteiger partial charge is 0.416 e. The Hall–Kier alpha value is -0.910. The fourth-order valence-corrected chi connectivity index (χ4v) is 1.94. The first-order chi connectivity index (χ1) is 8.60. The highest BCUT2D eigenvalue weighted by atomic mass is 35.6. The molecule has 0 fully saturated rings. The van der Waals surface area contributed by atoms with Crippen molar-refractivity contribution < 1.29 is 18.0 Å². The Kier molecular flexibility index (Phi) is 3.49. The number of rotatable bonds is 1. The van der Waals surface area contributed by atoms with Crippen molar-refractivity contribution in [2.45, 2.75) is 9.97 Å². The maximum atomic E-state index is 12.6. The lowest BCUT2D eigenvalue weighted by molar-refractivity contribution is -0.137. The van der Waals surface area contributed by atoms with Crippen LogP contribution in [0.5, 0.6) is 0 Å². The molecular weight excluding hydrogens is 325 g/mol. The van der Waals surface area contributed by atoms with Crippen LogP contribution in [0.3, 0.4) is 0 Å². The predicted octanol–water partition coefficient (Wildman–Crippen LogP) is 4.74. The summed E-state index contributed by atoms with van der Waals surface area (Å²) in [5, 5.41) is 0.0613. The highest BCUT2D eigenvalue weighted by Crippen LogP contribution is 2.36. The molecule has 0 spiro atoms. The average Bonchev–Trinajstić information content (AvgIpc) is 2.67. The van der Waals surface area contributed by atoms with Gasteiger partial charge in [0.05, 0.1) is 5.56 Å². The highest BCUT2D eigenvalue weighted by molar-refractivity contribution is 6.77. The minimum atomic E-state index is -4.51. The standard InChI is InChI=1S/C11H5Cl3F3NO/c12-10(13,14)9(19)7-4-18-8-2-1-5(3-6(7)8)11(15,16)17/h1-4,18H. The lowest BCUT2D eigenvalue weighted by Gasteiger charge is -2.09. The Morgan fingerprint density at radius 2 is 1.79 bits per heavy atom. The molecule has 0 saturated heterocycles.